The van der Waals surface area contributed by atoms with E-state index in [2.05, 4.69) is 15.3 Å². The Morgan fingerprint density at radius 2 is 1.90 bits per heavy atom. The van der Waals surface area contributed by atoms with Gasteiger partial charge >= 0.3 is 6.18 Å². The summed E-state index contributed by atoms with van der Waals surface area (Å²) < 4.78 is 67.1. The van der Waals surface area contributed by atoms with E-state index in [1.54, 1.807) is 12.1 Å². The maximum Gasteiger partial charge on any atom is 0.417 e. The third-order valence-electron chi connectivity index (χ3n) is 3.65. The number of anilines is 1. The molecule has 1 amide bonds. The first-order chi connectivity index (χ1) is 13.7. The molecule has 2 N–H and O–H groups in total. The van der Waals surface area contributed by atoms with Crippen LogP contribution in [0.25, 0.3) is 0 Å². The summed E-state index contributed by atoms with van der Waals surface area (Å²) in [6, 6.07) is 7.34. The molecule has 0 saturated heterocycles. The van der Waals surface area contributed by atoms with E-state index < -0.39 is 32.6 Å². The molecule has 0 atom stereocenters. The average molecular weight is 442 g/mol. The number of amides is 1. The van der Waals surface area contributed by atoms with Gasteiger partial charge in [0.25, 0.3) is 15.9 Å². The molecule has 0 bridgehead atoms. The van der Waals surface area contributed by atoms with Crippen molar-refractivity contribution in [1.29, 1.82) is 0 Å². The molecule has 2 aromatic heterocycles. The van der Waals surface area contributed by atoms with Crippen LogP contribution in [-0.2, 0) is 22.7 Å². The molecule has 0 spiro atoms. The smallest absolute Gasteiger partial charge is 0.347 e. The lowest BCUT2D eigenvalue weighted by molar-refractivity contribution is -0.139. The Morgan fingerprint density at radius 3 is 2.52 bits per heavy atom. The molecule has 29 heavy (non-hydrogen) atoms. The fraction of sp³-hybridized carbons (Fsp3) is 0.118. The lowest BCUT2D eigenvalue weighted by Gasteiger charge is -2.15. The van der Waals surface area contributed by atoms with Crippen LogP contribution in [0.3, 0.4) is 0 Å². The molecule has 0 aliphatic heterocycles. The molecule has 3 aromatic rings. The Morgan fingerprint density at radius 1 is 1.10 bits per heavy atom. The fourth-order valence-electron chi connectivity index (χ4n) is 2.35. The summed E-state index contributed by atoms with van der Waals surface area (Å²) in [5.74, 6) is -0.546. The number of nitrogens with one attached hydrogen (secondary N) is 2. The second-order valence-corrected chi connectivity index (χ2v) is 8.21. The first-order valence-electron chi connectivity index (χ1n) is 7.98. The number of pyridine rings is 1. The topological polar surface area (TPSA) is 101 Å². The number of thiazole rings is 1. The van der Waals surface area contributed by atoms with E-state index in [1.165, 1.54) is 23.8 Å². The molecule has 1 aromatic carbocycles. The highest BCUT2D eigenvalue weighted by Gasteiger charge is 2.37. The zero-order valence-electron chi connectivity index (χ0n) is 14.5. The predicted molar refractivity (Wildman–Crippen MR) is 99.8 cm³/mol. The van der Waals surface area contributed by atoms with Crippen LogP contribution in [-0.4, -0.2) is 24.3 Å². The van der Waals surface area contributed by atoms with Gasteiger partial charge in [-0.2, -0.15) is 13.2 Å². The molecule has 0 aliphatic carbocycles. The number of benzene rings is 1. The van der Waals surface area contributed by atoms with E-state index >= 15 is 0 Å². The second-order valence-electron chi connectivity index (χ2n) is 5.67. The Hall–Kier alpha value is -2.99. The number of rotatable bonds is 6. The molecule has 7 nitrogen and oxygen atoms in total. The minimum atomic E-state index is -4.89. The summed E-state index contributed by atoms with van der Waals surface area (Å²) in [4.78, 5) is 18.7. The van der Waals surface area contributed by atoms with Crippen LogP contribution in [0.15, 0.2) is 59.1 Å². The summed E-state index contributed by atoms with van der Waals surface area (Å²) in [7, 11) is -4.56. The molecule has 0 radical (unpaired) electrons. The number of aromatic nitrogens is 2. The monoisotopic (exact) mass is 442 g/mol. The first-order valence-corrected chi connectivity index (χ1v) is 10.3. The number of halogens is 3. The van der Waals surface area contributed by atoms with Gasteiger partial charge in [0, 0.05) is 24.3 Å². The third-order valence-corrected chi connectivity index (χ3v) is 5.84. The van der Waals surface area contributed by atoms with Gasteiger partial charge in [-0.05, 0) is 29.8 Å². The predicted octanol–water partition coefficient (Wildman–Crippen LogP) is 3.29. The molecule has 0 aliphatic rings. The molecule has 0 fully saturated rings. The van der Waals surface area contributed by atoms with E-state index in [4.69, 9.17) is 0 Å². The molecular formula is C17H13F3N4O3S2. The van der Waals surface area contributed by atoms with Crippen LogP contribution in [0.4, 0.5) is 18.3 Å². The summed E-state index contributed by atoms with van der Waals surface area (Å²) in [6.07, 6.45) is -2.15. The van der Waals surface area contributed by atoms with E-state index in [9.17, 15) is 26.4 Å². The first kappa shape index (κ1) is 20.7. The quantitative estimate of drug-likeness (QED) is 0.610. The SMILES string of the molecule is O=C(NCc1ccc(C(F)(F)F)c(S(=O)(=O)Nc2nccs2)c1)c1ccccn1. The number of carbonyl (C=O) groups is 1. The molecule has 3 rings (SSSR count). The van der Waals surface area contributed by atoms with Crippen molar-refractivity contribution in [1.82, 2.24) is 15.3 Å². The van der Waals surface area contributed by atoms with Crippen molar-refractivity contribution in [2.45, 2.75) is 17.6 Å². The van der Waals surface area contributed by atoms with Gasteiger partial charge in [-0.1, -0.05) is 12.1 Å². The van der Waals surface area contributed by atoms with E-state index in [0.717, 1.165) is 23.5 Å². The van der Waals surface area contributed by atoms with Crippen molar-refractivity contribution in [2.24, 2.45) is 0 Å². The highest BCUT2D eigenvalue weighted by atomic mass is 32.2. The zero-order valence-corrected chi connectivity index (χ0v) is 16.1. The van der Waals surface area contributed by atoms with Crippen molar-refractivity contribution >= 4 is 32.4 Å². The van der Waals surface area contributed by atoms with Gasteiger partial charge < -0.3 is 5.32 Å². The van der Waals surface area contributed by atoms with Crippen LogP contribution in [0.5, 0.6) is 0 Å². The maximum absolute atomic E-state index is 13.3. The normalized spacial score (nSPS) is 11.8. The Kier molecular flexibility index (Phi) is 5.84. The summed E-state index contributed by atoms with van der Waals surface area (Å²) in [5, 5.41) is 3.90. The van der Waals surface area contributed by atoms with Crippen LogP contribution in [0.2, 0.25) is 0 Å². The lowest BCUT2D eigenvalue weighted by atomic mass is 10.1. The lowest BCUT2D eigenvalue weighted by Crippen LogP contribution is -2.24. The zero-order chi connectivity index (χ0) is 21.1. The van der Waals surface area contributed by atoms with Crippen molar-refractivity contribution < 1.29 is 26.4 Å². The van der Waals surface area contributed by atoms with Crippen LogP contribution >= 0.6 is 11.3 Å². The van der Waals surface area contributed by atoms with Gasteiger partial charge in [0.1, 0.15) is 5.69 Å². The summed E-state index contributed by atoms with van der Waals surface area (Å²) in [6.45, 7) is -0.187. The van der Waals surface area contributed by atoms with Gasteiger partial charge in [0.15, 0.2) is 5.13 Å². The van der Waals surface area contributed by atoms with E-state index in [-0.39, 0.29) is 22.9 Å². The van der Waals surface area contributed by atoms with Crippen molar-refractivity contribution in [3.63, 3.8) is 0 Å². The van der Waals surface area contributed by atoms with Crippen LogP contribution in [0.1, 0.15) is 21.6 Å². The van der Waals surface area contributed by atoms with Crippen molar-refractivity contribution in [3.05, 3.63) is 71.0 Å². The number of carbonyl (C=O) groups excluding carboxylic acids is 1. The summed E-state index contributed by atoms with van der Waals surface area (Å²) >= 11 is 0.927. The molecule has 152 valence electrons. The number of nitrogens with zero attached hydrogens (tertiary/aromatic N) is 2. The van der Waals surface area contributed by atoms with Crippen LogP contribution < -0.4 is 10.0 Å². The maximum atomic E-state index is 13.3. The highest BCUT2D eigenvalue weighted by Crippen LogP contribution is 2.35. The second kappa shape index (κ2) is 8.17. The largest absolute Gasteiger partial charge is 0.417 e. The summed E-state index contributed by atoms with van der Waals surface area (Å²) in [5.41, 5.74) is -1.03. The number of alkyl halides is 3. The molecule has 0 unspecified atom stereocenters. The number of sulfonamides is 1. The van der Waals surface area contributed by atoms with Gasteiger partial charge in [-0.15, -0.1) is 11.3 Å². The van der Waals surface area contributed by atoms with E-state index in [1.807, 2.05) is 4.72 Å². The van der Waals surface area contributed by atoms with Gasteiger partial charge in [0.2, 0.25) is 0 Å². The minimum absolute atomic E-state index is 0.0630. The standard InChI is InChI=1S/C17H13F3N4O3S2/c18-17(19,20)12-5-4-11(10-23-15(25)13-3-1-2-6-21-13)9-14(12)29(26,27)24-16-22-7-8-28-16/h1-9H,10H2,(H,22,24)(H,23,25). The average Bonchev–Trinajstić information content (AvgIpc) is 3.18. The molecule has 2 heterocycles. The minimum Gasteiger partial charge on any atom is -0.347 e. The number of hydrogen-bond donors (Lipinski definition) is 2. The molecule has 12 heteroatoms. The van der Waals surface area contributed by atoms with Gasteiger partial charge in [-0.25, -0.2) is 13.4 Å². The van der Waals surface area contributed by atoms with Crippen molar-refractivity contribution in [2.75, 3.05) is 4.72 Å². The number of hydrogen-bond acceptors (Lipinski definition) is 6. The molecule has 0 saturated carbocycles. The van der Waals surface area contributed by atoms with E-state index in [0.29, 0.717) is 6.07 Å². The Labute approximate surface area is 167 Å². The molecular weight excluding hydrogens is 429 g/mol. The van der Waals surface area contributed by atoms with Crippen LogP contribution in [0, 0.1) is 0 Å². The van der Waals surface area contributed by atoms with Gasteiger partial charge in [-0.3, -0.25) is 14.5 Å². The highest BCUT2D eigenvalue weighted by molar-refractivity contribution is 7.93. The Bertz CT molecular complexity index is 1100. The Balaban J connectivity index is 1.89. The third kappa shape index (κ3) is 5.09. The van der Waals surface area contributed by atoms with Gasteiger partial charge in [0.05, 0.1) is 10.5 Å². The van der Waals surface area contributed by atoms with Crippen molar-refractivity contribution in [3.8, 4) is 0 Å². The fourth-order valence-corrected chi connectivity index (χ4v) is 4.41.